The molecule has 0 heterocycles. The van der Waals surface area contributed by atoms with E-state index in [0.29, 0.717) is 0 Å². The van der Waals surface area contributed by atoms with E-state index in [1.807, 2.05) is 0 Å². The summed E-state index contributed by atoms with van der Waals surface area (Å²) >= 11 is 0. The van der Waals surface area contributed by atoms with Crippen molar-refractivity contribution in [3.8, 4) is 0 Å². The van der Waals surface area contributed by atoms with Gasteiger partial charge >= 0.3 is 0 Å². The van der Waals surface area contributed by atoms with E-state index >= 15 is 0 Å². The molecular weight excluding hydrogens is 130 g/mol. The summed E-state index contributed by atoms with van der Waals surface area (Å²) in [6, 6.07) is 0. The molecule has 0 aromatic heterocycles. The van der Waals surface area contributed by atoms with Crippen molar-refractivity contribution >= 4 is 9.92 Å². The predicted molar refractivity (Wildman–Crippen MR) is 42.8 cm³/mol. The first-order chi connectivity index (χ1) is 4.12. The maximum absolute atomic E-state index is 5.39. The molecule has 56 valence electrons. The Morgan fingerprint density at radius 1 is 1.56 bits per heavy atom. The fraction of sp³-hybridized carbons (Fsp3) is 1.00. The molecule has 0 atom stereocenters. The summed E-state index contributed by atoms with van der Waals surface area (Å²) in [6.45, 7) is 6.34. The van der Waals surface area contributed by atoms with Crippen LogP contribution in [-0.2, 0) is 4.43 Å². The fourth-order valence-electron chi connectivity index (χ4n) is 0.900. The average molecular weight is 147 g/mol. The first kappa shape index (κ1) is 9.14. The third-order valence-electron chi connectivity index (χ3n) is 1.33. The van der Waals surface area contributed by atoms with Crippen molar-refractivity contribution in [1.29, 1.82) is 0 Å². The molecule has 0 aliphatic carbocycles. The van der Waals surface area contributed by atoms with Gasteiger partial charge in [0.1, 0.15) is 0 Å². The Hall–Kier alpha value is 0.137. The topological polar surface area (TPSA) is 35.2 Å². The van der Waals surface area contributed by atoms with E-state index in [9.17, 15) is 0 Å². The predicted octanol–water partition coefficient (Wildman–Crippen LogP) is 0.539. The Morgan fingerprint density at radius 2 is 2.11 bits per heavy atom. The first-order valence-electron chi connectivity index (χ1n) is 3.46. The highest BCUT2D eigenvalue weighted by Crippen LogP contribution is 2.14. The van der Waals surface area contributed by atoms with Crippen LogP contribution in [0.5, 0.6) is 0 Å². The first-order valence-corrected chi connectivity index (χ1v) is 4.86. The van der Waals surface area contributed by atoms with Crippen molar-refractivity contribution in [2.75, 3.05) is 0 Å². The van der Waals surface area contributed by atoms with Gasteiger partial charge in [0.05, 0.1) is 5.60 Å². The average Bonchev–Trinajstić information content (AvgIpc) is 1.64. The lowest BCUT2D eigenvalue weighted by molar-refractivity contribution is 0.104. The third-order valence-corrected chi connectivity index (χ3v) is 2.27. The highest BCUT2D eigenvalue weighted by atomic mass is 28.2. The molecule has 0 amide bonds. The van der Waals surface area contributed by atoms with Crippen molar-refractivity contribution in [2.45, 2.75) is 39.2 Å². The minimum absolute atomic E-state index is 0.0374. The highest BCUT2D eigenvalue weighted by molar-refractivity contribution is 6.22. The second kappa shape index (κ2) is 4.03. The minimum atomic E-state index is -0.710. The van der Waals surface area contributed by atoms with Gasteiger partial charge in [-0.25, -0.2) is 0 Å². The van der Waals surface area contributed by atoms with Crippen LogP contribution in [0.3, 0.4) is 0 Å². The lowest BCUT2D eigenvalue weighted by Crippen LogP contribution is -2.29. The second-order valence-electron chi connectivity index (χ2n) is 2.82. The molecule has 0 aliphatic rings. The maximum Gasteiger partial charge on any atom is 0.234 e. The summed E-state index contributed by atoms with van der Waals surface area (Å²) in [7, 11) is -0.710. The van der Waals surface area contributed by atoms with Gasteiger partial charge in [0.15, 0.2) is 0 Å². The molecule has 2 nitrogen and oxygen atoms in total. The Labute approximate surface area is 59.8 Å². The van der Waals surface area contributed by atoms with Crippen LogP contribution in [0.15, 0.2) is 0 Å². The van der Waals surface area contributed by atoms with E-state index in [4.69, 9.17) is 9.83 Å². The zero-order valence-electron chi connectivity index (χ0n) is 6.61. The zero-order valence-corrected chi connectivity index (χ0v) is 8.02. The Bertz CT molecular complexity index is 67.5. The summed E-state index contributed by atoms with van der Waals surface area (Å²) in [5.41, 5.74) is 0.0374. The van der Waals surface area contributed by atoms with Crippen LogP contribution >= 0.6 is 0 Å². The molecule has 0 spiro atoms. The Kier molecular flexibility index (Phi) is 4.09. The largest absolute Gasteiger partial charge is 0.404 e. The number of hydrogen-bond acceptors (Lipinski definition) is 2. The van der Waals surface area contributed by atoms with E-state index < -0.39 is 9.92 Å². The molecule has 0 saturated heterocycles. The van der Waals surface area contributed by atoms with Gasteiger partial charge in [-0.1, -0.05) is 13.3 Å². The van der Waals surface area contributed by atoms with Gasteiger partial charge < -0.3 is 9.83 Å². The molecule has 0 saturated carbocycles. The molecule has 0 fully saturated rings. The van der Waals surface area contributed by atoms with E-state index in [1.165, 1.54) is 6.42 Å². The molecular formula is C6H17NOSi. The Morgan fingerprint density at radius 3 is 2.44 bits per heavy atom. The van der Waals surface area contributed by atoms with Gasteiger partial charge in [-0.05, 0) is 20.3 Å². The van der Waals surface area contributed by atoms with Crippen LogP contribution in [0.4, 0.5) is 0 Å². The minimum Gasteiger partial charge on any atom is -0.404 e. The van der Waals surface area contributed by atoms with Crippen molar-refractivity contribution in [3.05, 3.63) is 0 Å². The van der Waals surface area contributed by atoms with Gasteiger partial charge in [-0.3, -0.25) is 0 Å². The van der Waals surface area contributed by atoms with Crippen LogP contribution < -0.4 is 5.40 Å². The summed E-state index contributed by atoms with van der Waals surface area (Å²) in [6.07, 6.45) is 2.28. The molecule has 0 aliphatic heterocycles. The summed E-state index contributed by atoms with van der Waals surface area (Å²) < 4.78 is 5.39. The molecule has 9 heavy (non-hydrogen) atoms. The van der Waals surface area contributed by atoms with Crippen LogP contribution in [0.25, 0.3) is 0 Å². The molecule has 0 unspecified atom stereocenters. The van der Waals surface area contributed by atoms with Crippen LogP contribution in [-0.4, -0.2) is 15.5 Å². The summed E-state index contributed by atoms with van der Waals surface area (Å²) in [4.78, 5) is 0. The molecule has 0 bridgehead atoms. The summed E-state index contributed by atoms with van der Waals surface area (Å²) in [5.74, 6) is 0. The monoisotopic (exact) mass is 147 g/mol. The van der Waals surface area contributed by atoms with Gasteiger partial charge in [-0.15, -0.1) is 0 Å². The van der Waals surface area contributed by atoms with Crippen LogP contribution in [0.1, 0.15) is 33.6 Å². The van der Waals surface area contributed by atoms with E-state index in [-0.39, 0.29) is 5.60 Å². The van der Waals surface area contributed by atoms with Gasteiger partial charge in [0.2, 0.25) is 9.92 Å². The van der Waals surface area contributed by atoms with Gasteiger partial charge in [0, 0.05) is 0 Å². The van der Waals surface area contributed by atoms with Crippen LogP contribution in [0.2, 0.25) is 0 Å². The lowest BCUT2D eigenvalue weighted by Gasteiger charge is -2.23. The van der Waals surface area contributed by atoms with Gasteiger partial charge in [-0.2, -0.15) is 0 Å². The quantitative estimate of drug-likeness (QED) is 0.589. The lowest BCUT2D eigenvalue weighted by atomic mass is 10.0. The molecule has 0 rings (SSSR count). The number of hydrogen-bond donors (Lipinski definition) is 1. The second-order valence-corrected chi connectivity index (χ2v) is 3.44. The molecule has 0 aromatic carbocycles. The molecule has 0 radical (unpaired) electrons. The summed E-state index contributed by atoms with van der Waals surface area (Å²) in [5, 5.41) is 5.36. The van der Waals surface area contributed by atoms with Crippen molar-refractivity contribution in [1.82, 2.24) is 0 Å². The zero-order chi connectivity index (χ0) is 7.33. The number of nitrogens with two attached hydrogens (primary N) is 1. The van der Waals surface area contributed by atoms with Crippen LogP contribution in [0, 0.1) is 0 Å². The molecule has 2 N–H and O–H groups in total. The third kappa shape index (κ3) is 4.63. The van der Waals surface area contributed by atoms with E-state index in [1.54, 1.807) is 0 Å². The maximum atomic E-state index is 5.39. The highest BCUT2D eigenvalue weighted by Gasteiger charge is 2.14. The van der Waals surface area contributed by atoms with Gasteiger partial charge in [0.25, 0.3) is 0 Å². The Balaban J connectivity index is 3.43. The molecule has 0 aromatic rings. The fourth-order valence-corrected chi connectivity index (χ4v) is 1.50. The normalized spacial score (nSPS) is 13.3. The van der Waals surface area contributed by atoms with Crippen molar-refractivity contribution in [3.63, 3.8) is 0 Å². The van der Waals surface area contributed by atoms with E-state index in [0.717, 1.165) is 6.42 Å². The SMILES string of the molecule is CCCC(C)(C)O[SiH2]N. The van der Waals surface area contributed by atoms with Crippen molar-refractivity contribution in [2.24, 2.45) is 5.40 Å². The standard InChI is InChI=1S/C6H17NOSi/c1-4-5-6(2,3)8-9-7/h4-5,7,9H2,1-3H3. The number of rotatable bonds is 4. The van der Waals surface area contributed by atoms with Crippen molar-refractivity contribution < 1.29 is 4.43 Å². The van der Waals surface area contributed by atoms with E-state index in [2.05, 4.69) is 20.8 Å². The smallest absolute Gasteiger partial charge is 0.234 e. The molecule has 3 heteroatoms.